The van der Waals surface area contributed by atoms with Crippen LogP contribution in [0, 0.1) is 11.6 Å². The van der Waals surface area contributed by atoms with Crippen molar-refractivity contribution in [1.82, 2.24) is 0 Å². The Morgan fingerprint density at radius 3 is 1.93 bits per heavy atom. The van der Waals surface area contributed by atoms with Crippen molar-refractivity contribution in [2.24, 2.45) is 0 Å². The first-order valence-corrected chi connectivity index (χ1v) is 9.35. The second-order valence-corrected chi connectivity index (χ2v) is 6.61. The molecule has 3 aromatic carbocycles. The Bertz CT molecular complexity index is 997. The molecule has 0 aliphatic carbocycles. The standard InChI is InChI=1S/C23H19F5O2/c1-2-3-12-29-18-8-4-15(5-9-18)19-10-6-16(13-20(19)24)17-7-11-22(21(25)14-17)30-23(26,27)28/h4-11,13-14H,2-3,12H2,1H3. The SMILES string of the molecule is CCCCOc1ccc(-c2ccc(-c3ccc(OC(F)(F)F)c(F)c3)cc2F)cc1. The fourth-order valence-electron chi connectivity index (χ4n) is 2.88. The first kappa shape index (κ1) is 21.6. The predicted molar refractivity (Wildman–Crippen MR) is 104 cm³/mol. The molecule has 0 aliphatic rings. The van der Waals surface area contributed by atoms with Gasteiger partial charge in [-0.3, -0.25) is 0 Å². The monoisotopic (exact) mass is 422 g/mol. The molecule has 0 N–H and O–H groups in total. The van der Waals surface area contributed by atoms with E-state index < -0.39 is 23.7 Å². The Balaban J connectivity index is 1.79. The van der Waals surface area contributed by atoms with Crippen molar-refractivity contribution in [2.45, 2.75) is 26.1 Å². The number of alkyl halides is 3. The number of halogens is 5. The molecular weight excluding hydrogens is 403 g/mol. The molecule has 0 amide bonds. The van der Waals surface area contributed by atoms with Gasteiger partial charge < -0.3 is 9.47 Å². The number of benzene rings is 3. The average Bonchev–Trinajstić information content (AvgIpc) is 2.69. The summed E-state index contributed by atoms with van der Waals surface area (Å²) in [6.45, 7) is 2.68. The van der Waals surface area contributed by atoms with Crippen LogP contribution < -0.4 is 9.47 Å². The summed E-state index contributed by atoms with van der Waals surface area (Å²) in [6, 6.07) is 14.3. The molecule has 0 saturated carbocycles. The van der Waals surface area contributed by atoms with Crippen molar-refractivity contribution in [3.63, 3.8) is 0 Å². The van der Waals surface area contributed by atoms with E-state index in [1.165, 1.54) is 18.2 Å². The fourth-order valence-corrected chi connectivity index (χ4v) is 2.88. The molecule has 0 atom stereocenters. The molecule has 0 aromatic heterocycles. The molecular formula is C23H19F5O2. The molecule has 30 heavy (non-hydrogen) atoms. The largest absolute Gasteiger partial charge is 0.573 e. The quantitative estimate of drug-likeness (QED) is 0.292. The summed E-state index contributed by atoms with van der Waals surface area (Å²) in [5, 5.41) is 0. The summed E-state index contributed by atoms with van der Waals surface area (Å²) in [4.78, 5) is 0. The minimum Gasteiger partial charge on any atom is -0.494 e. The smallest absolute Gasteiger partial charge is 0.494 e. The Kier molecular flexibility index (Phi) is 6.59. The zero-order valence-electron chi connectivity index (χ0n) is 16.1. The first-order valence-electron chi connectivity index (χ1n) is 9.35. The highest BCUT2D eigenvalue weighted by molar-refractivity contribution is 5.71. The fraction of sp³-hybridized carbons (Fsp3) is 0.217. The van der Waals surface area contributed by atoms with E-state index in [4.69, 9.17) is 4.74 Å². The zero-order valence-corrected chi connectivity index (χ0v) is 16.1. The third-order valence-corrected chi connectivity index (χ3v) is 4.39. The van der Waals surface area contributed by atoms with Crippen molar-refractivity contribution in [3.05, 3.63) is 72.3 Å². The van der Waals surface area contributed by atoms with Gasteiger partial charge in [-0.15, -0.1) is 13.2 Å². The molecule has 0 spiro atoms. The van der Waals surface area contributed by atoms with E-state index in [0.29, 0.717) is 29.0 Å². The number of rotatable bonds is 7. The molecule has 0 heterocycles. The molecule has 0 bridgehead atoms. The van der Waals surface area contributed by atoms with Crippen molar-refractivity contribution in [2.75, 3.05) is 6.61 Å². The maximum absolute atomic E-state index is 14.7. The summed E-state index contributed by atoms with van der Waals surface area (Å²) in [5.74, 6) is -1.97. The second-order valence-electron chi connectivity index (χ2n) is 6.61. The van der Waals surface area contributed by atoms with E-state index in [2.05, 4.69) is 11.7 Å². The lowest BCUT2D eigenvalue weighted by molar-refractivity contribution is -0.275. The average molecular weight is 422 g/mol. The van der Waals surface area contributed by atoms with Crippen LogP contribution in [0.3, 0.4) is 0 Å². The Labute approximate surface area is 170 Å². The zero-order chi connectivity index (χ0) is 21.7. The van der Waals surface area contributed by atoms with Gasteiger partial charge >= 0.3 is 6.36 Å². The lowest BCUT2D eigenvalue weighted by Crippen LogP contribution is -2.17. The Morgan fingerprint density at radius 2 is 1.37 bits per heavy atom. The van der Waals surface area contributed by atoms with E-state index >= 15 is 0 Å². The summed E-state index contributed by atoms with van der Waals surface area (Å²) in [7, 11) is 0. The molecule has 3 rings (SSSR count). The topological polar surface area (TPSA) is 18.5 Å². The molecule has 0 aliphatic heterocycles. The van der Waals surface area contributed by atoms with Gasteiger partial charge in [-0.25, -0.2) is 8.78 Å². The van der Waals surface area contributed by atoms with Crippen LogP contribution in [-0.4, -0.2) is 13.0 Å². The third kappa shape index (κ3) is 5.49. The van der Waals surface area contributed by atoms with E-state index in [0.717, 1.165) is 25.0 Å². The number of unbranched alkanes of at least 4 members (excludes halogenated alkanes) is 1. The van der Waals surface area contributed by atoms with Crippen molar-refractivity contribution < 1.29 is 31.4 Å². The van der Waals surface area contributed by atoms with Crippen LogP contribution in [0.2, 0.25) is 0 Å². The number of hydrogen-bond donors (Lipinski definition) is 0. The van der Waals surface area contributed by atoms with Crippen molar-refractivity contribution >= 4 is 0 Å². The Hall–Kier alpha value is -3.09. The number of hydrogen-bond acceptors (Lipinski definition) is 2. The molecule has 0 fully saturated rings. The van der Waals surface area contributed by atoms with Gasteiger partial charge in [0.2, 0.25) is 0 Å². The van der Waals surface area contributed by atoms with Crippen LogP contribution >= 0.6 is 0 Å². The van der Waals surface area contributed by atoms with Crippen LogP contribution in [0.4, 0.5) is 22.0 Å². The molecule has 158 valence electrons. The minimum absolute atomic E-state index is 0.229. The van der Waals surface area contributed by atoms with Gasteiger partial charge in [-0.05, 0) is 53.4 Å². The molecule has 0 radical (unpaired) electrons. The van der Waals surface area contributed by atoms with Gasteiger partial charge in [0.05, 0.1) is 6.61 Å². The molecule has 0 saturated heterocycles. The van der Waals surface area contributed by atoms with Crippen LogP contribution in [0.15, 0.2) is 60.7 Å². The summed E-state index contributed by atoms with van der Waals surface area (Å²) < 4.78 is 74.6. The highest BCUT2D eigenvalue weighted by Crippen LogP contribution is 2.32. The minimum atomic E-state index is -4.99. The maximum atomic E-state index is 14.7. The Morgan fingerprint density at radius 1 is 0.767 bits per heavy atom. The lowest BCUT2D eigenvalue weighted by Gasteiger charge is -2.11. The van der Waals surface area contributed by atoms with E-state index in [1.807, 2.05) is 0 Å². The van der Waals surface area contributed by atoms with E-state index in [9.17, 15) is 22.0 Å². The van der Waals surface area contributed by atoms with Crippen LogP contribution in [0.1, 0.15) is 19.8 Å². The van der Waals surface area contributed by atoms with Gasteiger partial charge in [-0.2, -0.15) is 0 Å². The van der Waals surface area contributed by atoms with Gasteiger partial charge in [-0.1, -0.05) is 43.7 Å². The second kappa shape index (κ2) is 9.15. The normalized spacial score (nSPS) is 11.4. The van der Waals surface area contributed by atoms with E-state index in [1.54, 1.807) is 30.3 Å². The van der Waals surface area contributed by atoms with Gasteiger partial charge in [0, 0.05) is 5.56 Å². The van der Waals surface area contributed by atoms with Gasteiger partial charge in [0.1, 0.15) is 11.6 Å². The van der Waals surface area contributed by atoms with Gasteiger partial charge in [0.15, 0.2) is 11.6 Å². The predicted octanol–water partition coefficient (Wildman–Crippen LogP) is 7.38. The van der Waals surface area contributed by atoms with E-state index in [-0.39, 0.29) is 5.56 Å². The molecule has 7 heteroatoms. The highest BCUT2D eigenvalue weighted by atomic mass is 19.4. The third-order valence-electron chi connectivity index (χ3n) is 4.39. The molecule has 2 nitrogen and oxygen atoms in total. The summed E-state index contributed by atoms with van der Waals surface area (Å²) in [5.41, 5.74) is 1.54. The van der Waals surface area contributed by atoms with Crippen molar-refractivity contribution in [1.29, 1.82) is 0 Å². The first-order chi connectivity index (χ1) is 14.3. The highest BCUT2D eigenvalue weighted by Gasteiger charge is 2.32. The summed E-state index contributed by atoms with van der Waals surface area (Å²) in [6.07, 6.45) is -3.02. The number of ether oxygens (including phenoxy) is 2. The van der Waals surface area contributed by atoms with Crippen LogP contribution in [-0.2, 0) is 0 Å². The van der Waals surface area contributed by atoms with Crippen LogP contribution in [0.5, 0.6) is 11.5 Å². The molecule has 0 unspecified atom stereocenters. The lowest BCUT2D eigenvalue weighted by atomic mass is 9.99. The van der Waals surface area contributed by atoms with Crippen molar-refractivity contribution in [3.8, 4) is 33.8 Å². The van der Waals surface area contributed by atoms with Gasteiger partial charge in [0.25, 0.3) is 0 Å². The van der Waals surface area contributed by atoms with Crippen LogP contribution in [0.25, 0.3) is 22.3 Å². The summed E-state index contributed by atoms with van der Waals surface area (Å²) >= 11 is 0. The maximum Gasteiger partial charge on any atom is 0.573 e. The molecule has 3 aromatic rings.